The van der Waals surface area contributed by atoms with Crippen LogP contribution in [0.25, 0.3) is 0 Å². The Morgan fingerprint density at radius 1 is 0.786 bits per heavy atom. The Morgan fingerprint density at radius 2 is 1.36 bits per heavy atom. The van der Waals surface area contributed by atoms with Gasteiger partial charge in [0.05, 0.1) is 0 Å². The lowest BCUT2D eigenvalue weighted by Gasteiger charge is -1.86. The molecule has 14 heavy (non-hydrogen) atoms. The first-order valence-electron chi connectivity index (χ1n) is 3.90. The fourth-order valence-electron chi connectivity index (χ4n) is 0.699. The number of pyridine rings is 2. The third kappa shape index (κ3) is 5.09. The highest BCUT2D eigenvalue weighted by Crippen LogP contribution is 2.13. The van der Waals surface area contributed by atoms with Crippen LogP contribution >= 0.6 is 31.9 Å². The number of hydrogen-bond donors (Lipinski definition) is 0. The fourth-order valence-corrected chi connectivity index (χ4v) is 1.74. The van der Waals surface area contributed by atoms with Crippen molar-refractivity contribution in [2.24, 2.45) is 0 Å². The van der Waals surface area contributed by atoms with Gasteiger partial charge in [-0.25, -0.2) is 0 Å². The normalized spacial score (nSPS) is 8.71. The van der Waals surface area contributed by atoms with Gasteiger partial charge < -0.3 is 0 Å². The van der Waals surface area contributed by atoms with E-state index in [0.717, 1.165) is 8.95 Å². The topological polar surface area (TPSA) is 25.8 Å². The van der Waals surface area contributed by atoms with E-state index < -0.39 is 0 Å². The van der Waals surface area contributed by atoms with Crippen LogP contribution in [0.4, 0.5) is 0 Å². The summed E-state index contributed by atoms with van der Waals surface area (Å²) in [5.41, 5.74) is 0. The summed E-state index contributed by atoms with van der Waals surface area (Å²) in [4.78, 5) is 7.67. The van der Waals surface area contributed by atoms with Crippen LogP contribution < -0.4 is 0 Å². The smallest absolute Gasteiger partial charge is 0.0411 e. The highest BCUT2D eigenvalue weighted by molar-refractivity contribution is 9.11. The SMILES string of the molecule is Brc1cncc(Br)c1.c1ccncc1. The zero-order chi connectivity index (χ0) is 10.2. The molecule has 2 rings (SSSR count). The van der Waals surface area contributed by atoms with Gasteiger partial charge in [-0.15, -0.1) is 0 Å². The van der Waals surface area contributed by atoms with Gasteiger partial charge in [0.15, 0.2) is 0 Å². The maximum Gasteiger partial charge on any atom is 0.0411 e. The Bertz CT molecular complexity index is 322. The number of hydrogen-bond acceptors (Lipinski definition) is 2. The Labute approximate surface area is 99.7 Å². The Hall–Kier alpha value is -0.740. The third-order valence-electron chi connectivity index (χ3n) is 1.24. The molecule has 0 spiro atoms. The lowest BCUT2D eigenvalue weighted by Crippen LogP contribution is -1.69. The van der Waals surface area contributed by atoms with Gasteiger partial charge >= 0.3 is 0 Å². The van der Waals surface area contributed by atoms with Crippen LogP contribution in [0.2, 0.25) is 0 Å². The summed E-state index contributed by atoms with van der Waals surface area (Å²) in [6.45, 7) is 0. The zero-order valence-electron chi connectivity index (χ0n) is 7.27. The van der Waals surface area contributed by atoms with Gasteiger partial charge in [0.25, 0.3) is 0 Å². The molecular weight excluding hydrogens is 308 g/mol. The van der Waals surface area contributed by atoms with Gasteiger partial charge in [0.1, 0.15) is 0 Å². The van der Waals surface area contributed by atoms with Crippen LogP contribution in [-0.4, -0.2) is 9.97 Å². The first kappa shape index (κ1) is 11.3. The number of nitrogens with zero attached hydrogens (tertiary/aromatic N) is 2. The largest absolute Gasteiger partial charge is 0.265 e. The molecule has 0 fully saturated rings. The zero-order valence-corrected chi connectivity index (χ0v) is 10.4. The Balaban J connectivity index is 0.000000146. The second-order valence-electron chi connectivity index (χ2n) is 2.35. The summed E-state index contributed by atoms with van der Waals surface area (Å²) >= 11 is 6.54. The van der Waals surface area contributed by atoms with Crippen molar-refractivity contribution in [2.45, 2.75) is 0 Å². The standard InChI is InChI=1S/C5H3Br2N.C5H5N/c6-4-1-5(7)3-8-2-4;1-2-4-6-5-3-1/h1-3H;1-5H. The quantitative estimate of drug-likeness (QED) is 0.741. The monoisotopic (exact) mass is 314 g/mol. The minimum absolute atomic E-state index is 0.992. The molecule has 0 aliphatic carbocycles. The van der Waals surface area contributed by atoms with E-state index in [1.54, 1.807) is 24.8 Å². The van der Waals surface area contributed by atoms with Crippen LogP contribution in [0, 0.1) is 0 Å². The van der Waals surface area contributed by atoms with Crippen LogP contribution in [0.3, 0.4) is 0 Å². The molecule has 0 aliphatic heterocycles. The molecule has 0 unspecified atom stereocenters. The van der Waals surface area contributed by atoms with Gasteiger partial charge in [0.2, 0.25) is 0 Å². The lowest BCUT2D eigenvalue weighted by molar-refractivity contribution is 1.29. The molecule has 2 aromatic rings. The number of aromatic nitrogens is 2. The minimum Gasteiger partial charge on any atom is -0.265 e. The van der Waals surface area contributed by atoms with Crippen molar-refractivity contribution in [1.29, 1.82) is 0 Å². The molecule has 0 N–H and O–H groups in total. The molecule has 2 aromatic heterocycles. The van der Waals surface area contributed by atoms with Crippen molar-refractivity contribution in [3.8, 4) is 0 Å². The molecule has 0 radical (unpaired) electrons. The Kier molecular flexibility index (Phi) is 5.40. The predicted octanol–water partition coefficient (Wildman–Crippen LogP) is 3.69. The lowest BCUT2D eigenvalue weighted by atomic mass is 10.5. The molecule has 0 amide bonds. The maximum absolute atomic E-state index is 3.89. The van der Waals surface area contributed by atoms with Crippen LogP contribution in [-0.2, 0) is 0 Å². The summed E-state index contributed by atoms with van der Waals surface area (Å²) in [5.74, 6) is 0. The highest BCUT2D eigenvalue weighted by atomic mass is 79.9. The predicted molar refractivity (Wildman–Crippen MR) is 63.9 cm³/mol. The molecule has 2 nitrogen and oxygen atoms in total. The maximum atomic E-state index is 3.89. The van der Waals surface area contributed by atoms with E-state index in [4.69, 9.17) is 0 Å². The molecule has 2 heterocycles. The van der Waals surface area contributed by atoms with Crippen molar-refractivity contribution in [3.05, 3.63) is 58.0 Å². The van der Waals surface area contributed by atoms with E-state index in [-0.39, 0.29) is 0 Å². The molecule has 0 bridgehead atoms. The molecule has 0 saturated heterocycles. The molecule has 72 valence electrons. The first-order chi connectivity index (χ1) is 6.79. The summed E-state index contributed by atoms with van der Waals surface area (Å²) < 4.78 is 1.98. The van der Waals surface area contributed by atoms with Crippen LogP contribution in [0.15, 0.2) is 58.0 Å². The summed E-state index contributed by atoms with van der Waals surface area (Å²) in [6.07, 6.45) is 6.98. The third-order valence-corrected chi connectivity index (χ3v) is 2.11. The van der Waals surface area contributed by atoms with Gasteiger partial charge in [-0.1, -0.05) is 6.07 Å². The van der Waals surface area contributed by atoms with Gasteiger partial charge in [0, 0.05) is 33.7 Å². The second-order valence-corrected chi connectivity index (χ2v) is 4.18. The highest BCUT2D eigenvalue weighted by Gasteiger charge is 1.85. The average molecular weight is 316 g/mol. The van der Waals surface area contributed by atoms with Gasteiger partial charge in [-0.05, 0) is 50.1 Å². The molecule has 0 saturated carbocycles. The summed E-state index contributed by atoms with van der Waals surface area (Å²) in [5, 5.41) is 0. The number of halogens is 2. The van der Waals surface area contributed by atoms with E-state index in [1.807, 2.05) is 24.3 Å². The summed E-state index contributed by atoms with van der Waals surface area (Å²) in [6, 6.07) is 7.65. The number of rotatable bonds is 0. The average Bonchev–Trinajstić information content (AvgIpc) is 2.21. The van der Waals surface area contributed by atoms with E-state index in [0.29, 0.717) is 0 Å². The second kappa shape index (κ2) is 6.68. The van der Waals surface area contributed by atoms with Crippen molar-refractivity contribution in [3.63, 3.8) is 0 Å². The minimum atomic E-state index is 0.992. The summed E-state index contributed by atoms with van der Waals surface area (Å²) in [7, 11) is 0. The van der Waals surface area contributed by atoms with Crippen molar-refractivity contribution < 1.29 is 0 Å². The van der Waals surface area contributed by atoms with Crippen molar-refractivity contribution in [2.75, 3.05) is 0 Å². The van der Waals surface area contributed by atoms with E-state index in [9.17, 15) is 0 Å². The van der Waals surface area contributed by atoms with Crippen molar-refractivity contribution in [1.82, 2.24) is 9.97 Å². The Morgan fingerprint density at radius 3 is 1.57 bits per heavy atom. The van der Waals surface area contributed by atoms with Crippen LogP contribution in [0.1, 0.15) is 0 Å². The van der Waals surface area contributed by atoms with Crippen LogP contribution in [0.5, 0.6) is 0 Å². The first-order valence-corrected chi connectivity index (χ1v) is 5.48. The molecular formula is C10H8Br2N2. The van der Waals surface area contributed by atoms with Gasteiger partial charge in [-0.2, -0.15) is 0 Å². The molecule has 0 atom stereocenters. The molecule has 0 aromatic carbocycles. The molecule has 0 aliphatic rings. The van der Waals surface area contributed by atoms with E-state index in [2.05, 4.69) is 41.8 Å². The van der Waals surface area contributed by atoms with Gasteiger partial charge in [-0.3, -0.25) is 9.97 Å². The van der Waals surface area contributed by atoms with E-state index >= 15 is 0 Å². The van der Waals surface area contributed by atoms with E-state index in [1.165, 1.54) is 0 Å². The fraction of sp³-hybridized carbons (Fsp3) is 0. The van der Waals surface area contributed by atoms with Crippen molar-refractivity contribution >= 4 is 31.9 Å². The molecule has 4 heteroatoms.